The van der Waals surface area contributed by atoms with Crippen LogP contribution in [0.1, 0.15) is 23.7 Å². The van der Waals surface area contributed by atoms with Gasteiger partial charge in [0, 0.05) is 12.7 Å². The van der Waals surface area contributed by atoms with E-state index in [0.29, 0.717) is 11.3 Å². The number of hydrogen-bond donors (Lipinski definition) is 1. The van der Waals surface area contributed by atoms with Crippen LogP contribution < -0.4 is 5.73 Å². The maximum atomic E-state index is 12.4. The summed E-state index contributed by atoms with van der Waals surface area (Å²) in [7, 11) is 0. The third-order valence-corrected chi connectivity index (χ3v) is 2.57. The molecular formula is C11H13ClF3N3O. The van der Waals surface area contributed by atoms with Crippen LogP contribution in [0.15, 0.2) is 12.3 Å². The van der Waals surface area contributed by atoms with Crippen molar-refractivity contribution in [2.45, 2.75) is 19.5 Å². The zero-order valence-corrected chi connectivity index (χ0v) is 10.9. The summed E-state index contributed by atoms with van der Waals surface area (Å²) in [4.78, 5) is 16.3. The third kappa shape index (κ3) is 4.59. The lowest BCUT2D eigenvalue weighted by Crippen LogP contribution is -2.39. The molecule has 0 aliphatic carbocycles. The van der Waals surface area contributed by atoms with E-state index in [1.54, 1.807) is 6.92 Å². The molecule has 0 bridgehead atoms. The molecule has 0 fully saturated rings. The normalized spacial score (nSPS) is 11.4. The van der Waals surface area contributed by atoms with Crippen LogP contribution in [0, 0.1) is 0 Å². The second kappa shape index (κ2) is 6.10. The summed E-state index contributed by atoms with van der Waals surface area (Å²) in [5.41, 5.74) is 5.36. The number of pyridine rings is 1. The molecule has 0 atom stereocenters. The Balaban J connectivity index is 2.95. The van der Waals surface area contributed by atoms with Gasteiger partial charge >= 0.3 is 6.18 Å². The van der Waals surface area contributed by atoms with E-state index in [4.69, 9.17) is 17.3 Å². The van der Waals surface area contributed by atoms with Gasteiger partial charge in [0.15, 0.2) is 0 Å². The van der Waals surface area contributed by atoms with Crippen molar-refractivity contribution < 1.29 is 18.0 Å². The van der Waals surface area contributed by atoms with Crippen molar-refractivity contribution in [3.63, 3.8) is 0 Å². The molecule has 1 rings (SSSR count). The van der Waals surface area contributed by atoms with Gasteiger partial charge in [-0.05, 0) is 12.5 Å². The Morgan fingerprint density at radius 2 is 2.16 bits per heavy atom. The molecule has 0 radical (unpaired) electrons. The van der Waals surface area contributed by atoms with Gasteiger partial charge in [-0.2, -0.15) is 13.2 Å². The Bertz CT molecular complexity index is 465. The van der Waals surface area contributed by atoms with Gasteiger partial charge in [0.2, 0.25) is 0 Å². The summed E-state index contributed by atoms with van der Waals surface area (Å²) in [6, 6.07) is 1.21. The molecule has 0 saturated carbocycles. The molecule has 1 heterocycles. The van der Waals surface area contributed by atoms with Gasteiger partial charge in [-0.3, -0.25) is 4.79 Å². The van der Waals surface area contributed by atoms with Crippen molar-refractivity contribution in [1.82, 2.24) is 9.88 Å². The van der Waals surface area contributed by atoms with E-state index in [-0.39, 0.29) is 22.9 Å². The van der Waals surface area contributed by atoms with Crippen molar-refractivity contribution in [2.24, 2.45) is 0 Å². The Labute approximate surface area is 113 Å². The highest BCUT2D eigenvalue weighted by molar-refractivity contribution is 6.33. The molecule has 1 aromatic heterocycles. The van der Waals surface area contributed by atoms with Gasteiger partial charge < -0.3 is 10.6 Å². The second-order valence-corrected chi connectivity index (χ2v) is 4.34. The number of nitrogen functional groups attached to an aromatic ring is 1. The van der Waals surface area contributed by atoms with Crippen LogP contribution in [0.25, 0.3) is 0 Å². The Hall–Kier alpha value is -1.50. The standard InChI is InChI=1S/C11H13ClF3N3O/c1-2-3-18(6-11(13,14)15)10(19)7-4-8(12)9(16)17-5-7/h4-5H,2-3,6H2,1H3,(H2,16,17). The minimum atomic E-state index is -4.45. The first-order valence-corrected chi connectivity index (χ1v) is 5.89. The fraction of sp³-hybridized carbons (Fsp3) is 0.455. The highest BCUT2D eigenvalue weighted by Gasteiger charge is 2.33. The van der Waals surface area contributed by atoms with E-state index >= 15 is 0 Å². The molecule has 8 heteroatoms. The highest BCUT2D eigenvalue weighted by atomic mass is 35.5. The van der Waals surface area contributed by atoms with Gasteiger partial charge in [0.05, 0.1) is 10.6 Å². The number of hydrogen-bond acceptors (Lipinski definition) is 3. The van der Waals surface area contributed by atoms with Crippen molar-refractivity contribution in [3.05, 3.63) is 22.8 Å². The van der Waals surface area contributed by atoms with E-state index in [2.05, 4.69) is 4.98 Å². The van der Waals surface area contributed by atoms with Crippen LogP contribution in [0.2, 0.25) is 5.02 Å². The Morgan fingerprint density at radius 3 is 2.63 bits per heavy atom. The highest BCUT2D eigenvalue weighted by Crippen LogP contribution is 2.21. The van der Waals surface area contributed by atoms with Crippen molar-refractivity contribution in [3.8, 4) is 0 Å². The lowest BCUT2D eigenvalue weighted by molar-refractivity contribution is -0.140. The van der Waals surface area contributed by atoms with E-state index in [1.165, 1.54) is 6.07 Å². The fourth-order valence-corrected chi connectivity index (χ4v) is 1.65. The predicted molar refractivity (Wildman–Crippen MR) is 65.9 cm³/mol. The lowest BCUT2D eigenvalue weighted by atomic mass is 10.2. The zero-order chi connectivity index (χ0) is 14.6. The fourth-order valence-electron chi connectivity index (χ4n) is 1.49. The second-order valence-electron chi connectivity index (χ2n) is 3.93. The maximum absolute atomic E-state index is 12.4. The summed E-state index contributed by atoms with van der Waals surface area (Å²) < 4.78 is 37.2. The van der Waals surface area contributed by atoms with Gasteiger partial charge in [-0.25, -0.2) is 4.98 Å². The number of aromatic nitrogens is 1. The molecular weight excluding hydrogens is 283 g/mol. The van der Waals surface area contributed by atoms with Crippen molar-refractivity contribution in [1.29, 1.82) is 0 Å². The van der Waals surface area contributed by atoms with Crippen LogP contribution in [-0.2, 0) is 0 Å². The molecule has 4 nitrogen and oxygen atoms in total. The quantitative estimate of drug-likeness (QED) is 0.929. The SMILES string of the molecule is CCCN(CC(F)(F)F)C(=O)c1cnc(N)c(Cl)c1. The molecule has 0 aromatic carbocycles. The first kappa shape index (κ1) is 15.6. The number of carbonyl (C=O) groups is 1. The van der Waals surface area contributed by atoms with Crippen molar-refractivity contribution >= 4 is 23.3 Å². The van der Waals surface area contributed by atoms with Gasteiger partial charge in [0.1, 0.15) is 12.4 Å². The van der Waals surface area contributed by atoms with Gasteiger partial charge in [0.25, 0.3) is 5.91 Å². The van der Waals surface area contributed by atoms with Crippen LogP contribution in [0.5, 0.6) is 0 Å². The number of nitrogens with zero attached hydrogens (tertiary/aromatic N) is 2. The summed E-state index contributed by atoms with van der Waals surface area (Å²) in [6.07, 6.45) is -2.92. The molecule has 0 aliphatic heterocycles. The molecule has 19 heavy (non-hydrogen) atoms. The zero-order valence-electron chi connectivity index (χ0n) is 10.2. The van der Waals surface area contributed by atoms with Crippen LogP contribution in [-0.4, -0.2) is 35.1 Å². The maximum Gasteiger partial charge on any atom is 0.406 e. The molecule has 2 N–H and O–H groups in total. The van der Waals surface area contributed by atoms with E-state index < -0.39 is 18.6 Å². The molecule has 0 spiro atoms. The summed E-state index contributed by atoms with van der Waals surface area (Å²) >= 11 is 5.69. The molecule has 0 unspecified atom stereocenters. The lowest BCUT2D eigenvalue weighted by Gasteiger charge is -2.23. The number of rotatable bonds is 4. The Kier molecular flexibility index (Phi) is 4.99. The number of anilines is 1. The van der Waals surface area contributed by atoms with Gasteiger partial charge in [-0.1, -0.05) is 18.5 Å². The van der Waals surface area contributed by atoms with Crippen molar-refractivity contribution in [2.75, 3.05) is 18.8 Å². The van der Waals surface area contributed by atoms with Crippen LogP contribution >= 0.6 is 11.6 Å². The average molecular weight is 296 g/mol. The minimum absolute atomic E-state index is 0.000336. The van der Waals surface area contributed by atoms with Crippen LogP contribution in [0.4, 0.5) is 19.0 Å². The minimum Gasteiger partial charge on any atom is -0.382 e. The number of carbonyl (C=O) groups excluding carboxylic acids is 1. The number of alkyl halides is 3. The first-order valence-electron chi connectivity index (χ1n) is 5.51. The number of halogens is 4. The van der Waals surface area contributed by atoms with E-state index in [9.17, 15) is 18.0 Å². The molecule has 106 valence electrons. The summed E-state index contributed by atoms with van der Waals surface area (Å²) in [5, 5.41) is 0.0364. The molecule has 1 aromatic rings. The predicted octanol–water partition coefficient (Wildman–Crippen LogP) is 2.73. The summed E-state index contributed by atoms with van der Waals surface area (Å²) in [6.45, 7) is 0.382. The van der Waals surface area contributed by atoms with Crippen LogP contribution in [0.3, 0.4) is 0 Å². The molecule has 1 amide bonds. The molecule has 0 aliphatic rings. The largest absolute Gasteiger partial charge is 0.406 e. The Morgan fingerprint density at radius 1 is 1.53 bits per heavy atom. The van der Waals surface area contributed by atoms with E-state index in [1.807, 2.05) is 0 Å². The number of nitrogens with two attached hydrogens (primary N) is 1. The monoisotopic (exact) mass is 295 g/mol. The molecule has 0 saturated heterocycles. The first-order chi connectivity index (χ1) is 8.74. The third-order valence-electron chi connectivity index (χ3n) is 2.27. The number of amides is 1. The van der Waals surface area contributed by atoms with Gasteiger partial charge in [-0.15, -0.1) is 0 Å². The topological polar surface area (TPSA) is 59.2 Å². The smallest absolute Gasteiger partial charge is 0.382 e. The summed E-state index contributed by atoms with van der Waals surface area (Å²) in [5.74, 6) is -0.746. The van der Waals surface area contributed by atoms with E-state index in [0.717, 1.165) is 6.20 Å². The average Bonchev–Trinajstić information content (AvgIpc) is 2.29.